The minimum Gasteiger partial charge on any atom is -0.451 e. The quantitative estimate of drug-likeness (QED) is 0.612. The smallest absolute Gasteiger partial charge is 0.361 e. The van der Waals surface area contributed by atoms with Gasteiger partial charge in [-0.05, 0) is 12.0 Å². The minimum absolute atomic E-state index is 0.0822. The summed E-state index contributed by atoms with van der Waals surface area (Å²) in [6.07, 6.45) is 3.19. The van der Waals surface area contributed by atoms with Crippen molar-refractivity contribution in [3.05, 3.63) is 59.5 Å². The first-order valence-corrected chi connectivity index (χ1v) is 7.67. The normalized spacial score (nSPS) is 10.7. The number of carbonyl (C=O) groups is 1. The Morgan fingerprint density at radius 2 is 2.12 bits per heavy atom. The van der Waals surface area contributed by atoms with Crippen LogP contribution >= 0.6 is 0 Å². The first kappa shape index (κ1) is 15.9. The van der Waals surface area contributed by atoms with Gasteiger partial charge in [-0.2, -0.15) is 4.98 Å². The molecule has 0 saturated heterocycles. The highest BCUT2D eigenvalue weighted by atomic mass is 16.6. The molecule has 3 aromatic rings. The predicted molar refractivity (Wildman–Crippen MR) is 83.0 cm³/mol. The lowest BCUT2D eigenvalue weighted by Gasteiger charge is -1.99. The molecule has 124 valence electrons. The van der Waals surface area contributed by atoms with Crippen molar-refractivity contribution in [3.8, 4) is 0 Å². The molecule has 1 aromatic carbocycles. The third-order valence-corrected chi connectivity index (χ3v) is 3.25. The van der Waals surface area contributed by atoms with E-state index in [2.05, 4.69) is 20.5 Å². The molecule has 3 rings (SSSR count). The number of hydrogen-bond acceptors (Lipinski definition) is 7. The largest absolute Gasteiger partial charge is 0.451 e. The molecule has 24 heavy (non-hydrogen) atoms. The number of nitrogens with zero attached hydrogens (tertiary/aromatic N) is 5. The molecule has 0 unspecified atom stereocenters. The molecule has 0 radical (unpaired) electrons. The third kappa shape index (κ3) is 4.03. The molecule has 0 saturated carbocycles. The summed E-state index contributed by atoms with van der Waals surface area (Å²) in [5.74, 6) is 0.297. The van der Waals surface area contributed by atoms with Crippen LogP contribution in [0.15, 0.2) is 41.1 Å². The second-order valence-electron chi connectivity index (χ2n) is 5.22. The van der Waals surface area contributed by atoms with E-state index in [4.69, 9.17) is 9.26 Å². The average molecular weight is 327 g/mol. The predicted octanol–water partition coefficient (Wildman–Crippen LogP) is 2.02. The van der Waals surface area contributed by atoms with Gasteiger partial charge in [0.05, 0.1) is 12.7 Å². The van der Waals surface area contributed by atoms with E-state index < -0.39 is 5.97 Å². The summed E-state index contributed by atoms with van der Waals surface area (Å²) in [6, 6.07) is 9.78. The first-order valence-electron chi connectivity index (χ1n) is 7.67. The molecule has 0 amide bonds. The van der Waals surface area contributed by atoms with Crippen LogP contribution in [-0.4, -0.2) is 31.1 Å². The van der Waals surface area contributed by atoms with Crippen molar-refractivity contribution >= 4 is 5.97 Å². The van der Waals surface area contributed by atoms with E-state index in [9.17, 15) is 4.79 Å². The zero-order chi connectivity index (χ0) is 16.8. The van der Waals surface area contributed by atoms with Gasteiger partial charge in [0, 0.05) is 6.42 Å². The number of esters is 1. The van der Waals surface area contributed by atoms with Gasteiger partial charge in [-0.3, -0.25) is 0 Å². The molecule has 0 aliphatic carbocycles. The summed E-state index contributed by atoms with van der Waals surface area (Å²) < 4.78 is 11.7. The molecule has 8 nitrogen and oxygen atoms in total. The van der Waals surface area contributed by atoms with Crippen LogP contribution < -0.4 is 0 Å². The number of ether oxygens (including phenoxy) is 1. The number of benzene rings is 1. The van der Waals surface area contributed by atoms with E-state index in [-0.39, 0.29) is 18.2 Å². The van der Waals surface area contributed by atoms with Crippen molar-refractivity contribution in [1.82, 2.24) is 25.1 Å². The van der Waals surface area contributed by atoms with Gasteiger partial charge in [0.2, 0.25) is 0 Å². The molecule has 0 spiro atoms. The lowest BCUT2D eigenvalue weighted by Crippen LogP contribution is -2.06. The molecule has 0 fully saturated rings. The standard InChI is InChI=1S/C16H17N5O3/c1-2-6-14-17-15(24-19-14)11-23-16(22)13-10-21(20-18-13)9-12-7-4-3-5-8-12/h3-5,7-8,10H,2,6,9,11H2,1H3. The summed E-state index contributed by atoms with van der Waals surface area (Å²) in [5.41, 5.74) is 1.20. The van der Waals surface area contributed by atoms with E-state index in [1.165, 1.54) is 0 Å². The molecule has 0 bridgehead atoms. The topological polar surface area (TPSA) is 95.9 Å². The van der Waals surface area contributed by atoms with E-state index >= 15 is 0 Å². The van der Waals surface area contributed by atoms with Crippen LogP contribution in [0.2, 0.25) is 0 Å². The fourth-order valence-electron chi connectivity index (χ4n) is 2.11. The lowest BCUT2D eigenvalue weighted by atomic mass is 10.2. The van der Waals surface area contributed by atoms with E-state index in [1.54, 1.807) is 10.9 Å². The molecule has 0 atom stereocenters. The maximum Gasteiger partial charge on any atom is 0.361 e. The Bertz CT molecular complexity index is 797. The fraction of sp³-hybridized carbons (Fsp3) is 0.312. The van der Waals surface area contributed by atoms with Crippen molar-refractivity contribution in [2.24, 2.45) is 0 Å². The SMILES string of the molecule is CCCc1noc(COC(=O)c2cn(Cc3ccccc3)nn2)n1. The van der Waals surface area contributed by atoms with E-state index in [1.807, 2.05) is 37.3 Å². The van der Waals surface area contributed by atoms with Crippen LogP contribution in [0.4, 0.5) is 0 Å². The summed E-state index contributed by atoms with van der Waals surface area (Å²) in [5, 5.41) is 11.6. The van der Waals surface area contributed by atoms with Gasteiger partial charge < -0.3 is 9.26 Å². The summed E-state index contributed by atoms with van der Waals surface area (Å²) in [4.78, 5) is 16.1. The van der Waals surface area contributed by atoms with E-state index in [0.29, 0.717) is 12.4 Å². The van der Waals surface area contributed by atoms with Crippen LogP contribution in [0.5, 0.6) is 0 Å². The Hall–Kier alpha value is -3.03. The van der Waals surface area contributed by atoms with E-state index in [0.717, 1.165) is 18.4 Å². The van der Waals surface area contributed by atoms with Crippen molar-refractivity contribution in [2.45, 2.75) is 32.9 Å². The monoisotopic (exact) mass is 327 g/mol. The third-order valence-electron chi connectivity index (χ3n) is 3.25. The molecule has 8 heteroatoms. The Labute approximate surface area is 138 Å². The van der Waals surface area contributed by atoms with Crippen molar-refractivity contribution in [1.29, 1.82) is 0 Å². The maximum atomic E-state index is 12.0. The highest BCUT2D eigenvalue weighted by molar-refractivity contribution is 5.86. The van der Waals surface area contributed by atoms with Gasteiger partial charge >= 0.3 is 5.97 Å². The van der Waals surface area contributed by atoms with Crippen molar-refractivity contribution in [2.75, 3.05) is 0 Å². The number of carbonyl (C=O) groups excluding carboxylic acids is 1. The van der Waals surface area contributed by atoms with Gasteiger partial charge in [0.15, 0.2) is 18.1 Å². The molecule has 0 N–H and O–H groups in total. The second-order valence-corrected chi connectivity index (χ2v) is 5.22. The molecular weight excluding hydrogens is 310 g/mol. The van der Waals surface area contributed by atoms with Gasteiger partial charge in [-0.15, -0.1) is 5.10 Å². The Morgan fingerprint density at radius 1 is 1.29 bits per heavy atom. The number of hydrogen-bond donors (Lipinski definition) is 0. The molecule has 0 aliphatic rings. The average Bonchev–Trinajstić information content (AvgIpc) is 3.24. The van der Waals surface area contributed by atoms with Crippen LogP contribution in [-0.2, 0) is 24.3 Å². The zero-order valence-corrected chi connectivity index (χ0v) is 13.3. The zero-order valence-electron chi connectivity index (χ0n) is 13.3. The molecule has 2 aromatic heterocycles. The van der Waals surface area contributed by atoms with Crippen molar-refractivity contribution < 1.29 is 14.1 Å². The molecule has 2 heterocycles. The van der Waals surface area contributed by atoms with Gasteiger partial charge in [0.25, 0.3) is 5.89 Å². The molecule has 0 aliphatic heterocycles. The maximum absolute atomic E-state index is 12.0. The number of aryl methyl sites for hydroxylation is 1. The fourth-order valence-corrected chi connectivity index (χ4v) is 2.11. The van der Waals surface area contributed by atoms with Crippen LogP contribution in [0, 0.1) is 0 Å². The number of rotatable bonds is 7. The summed E-state index contributed by atoms with van der Waals surface area (Å²) in [7, 11) is 0. The van der Waals surface area contributed by atoms with Gasteiger partial charge in [-0.1, -0.05) is 47.6 Å². The summed E-state index contributed by atoms with van der Waals surface area (Å²) in [6.45, 7) is 2.47. The van der Waals surface area contributed by atoms with Crippen molar-refractivity contribution in [3.63, 3.8) is 0 Å². The Kier molecular flexibility index (Phi) is 4.95. The van der Waals surface area contributed by atoms with Crippen LogP contribution in [0.3, 0.4) is 0 Å². The number of aromatic nitrogens is 5. The Morgan fingerprint density at radius 3 is 2.92 bits per heavy atom. The van der Waals surface area contributed by atoms with Gasteiger partial charge in [0.1, 0.15) is 0 Å². The lowest BCUT2D eigenvalue weighted by molar-refractivity contribution is 0.0422. The van der Waals surface area contributed by atoms with Crippen LogP contribution in [0.1, 0.15) is 41.1 Å². The first-order chi connectivity index (χ1) is 11.7. The molecular formula is C16H17N5O3. The highest BCUT2D eigenvalue weighted by Gasteiger charge is 2.15. The second kappa shape index (κ2) is 7.49. The highest BCUT2D eigenvalue weighted by Crippen LogP contribution is 2.06. The summed E-state index contributed by atoms with van der Waals surface area (Å²) >= 11 is 0. The minimum atomic E-state index is -0.579. The van der Waals surface area contributed by atoms with Gasteiger partial charge in [-0.25, -0.2) is 9.48 Å². The Balaban J connectivity index is 1.55. The van der Waals surface area contributed by atoms with Crippen LogP contribution in [0.25, 0.3) is 0 Å².